The standard InChI is InChI=1S/C6H14Si2/c1-7-4-3-5-8(2)6-7/h3-6H2,1-2H3. The van der Waals surface area contributed by atoms with Gasteiger partial charge in [0.25, 0.3) is 0 Å². The summed E-state index contributed by atoms with van der Waals surface area (Å²) in [7, 11) is 0.407. The molecule has 8 heavy (non-hydrogen) atoms. The van der Waals surface area contributed by atoms with Gasteiger partial charge in [0.05, 0.1) is 0 Å². The Labute approximate surface area is 55.5 Å². The Kier molecular flexibility index (Phi) is 2.32. The molecule has 0 atom stereocenters. The molecule has 0 amide bonds. The Morgan fingerprint density at radius 1 is 1.00 bits per heavy atom. The van der Waals surface area contributed by atoms with E-state index in [0.29, 0.717) is 0 Å². The average Bonchev–Trinajstić information content (AvgIpc) is 1.64. The molecule has 1 aliphatic rings. The molecule has 0 saturated carbocycles. The molecule has 0 spiro atoms. The van der Waals surface area contributed by atoms with Crippen molar-refractivity contribution in [2.24, 2.45) is 0 Å². The van der Waals surface area contributed by atoms with Crippen LogP contribution in [-0.2, 0) is 0 Å². The third-order valence-electron chi connectivity index (χ3n) is 1.81. The van der Waals surface area contributed by atoms with Gasteiger partial charge >= 0.3 is 0 Å². The monoisotopic (exact) mass is 142 g/mol. The van der Waals surface area contributed by atoms with E-state index in [2.05, 4.69) is 13.1 Å². The van der Waals surface area contributed by atoms with E-state index in [1.165, 1.54) is 0 Å². The first-order valence-electron chi connectivity index (χ1n) is 3.41. The van der Waals surface area contributed by atoms with Crippen molar-refractivity contribution in [3.63, 3.8) is 0 Å². The second-order valence-electron chi connectivity index (χ2n) is 2.94. The lowest BCUT2D eigenvalue weighted by atomic mass is 10.6. The molecule has 0 N–H and O–H groups in total. The minimum absolute atomic E-state index is 0.204. The fourth-order valence-corrected chi connectivity index (χ4v) is 8.83. The molecule has 2 heteroatoms. The zero-order valence-corrected chi connectivity index (χ0v) is 7.83. The summed E-state index contributed by atoms with van der Waals surface area (Å²) in [5.41, 5.74) is 1.68. The van der Waals surface area contributed by atoms with Gasteiger partial charge in [-0.15, -0.1) is 0 Å². The van der Waals surface area contributed by atoms with Crippen molar-refractivity contribution in [1.82, 2.24) is 0 Å². The van der Waals surface area contributed by atoms with Gasteiger partial charge in [-0.25, -0.2) is 0 Å². The van der Waals surface area contributed by atoms with Crippen LogP contribution in [0.4, 0.5) is 0 Å². The predicted octanol–water partition coefficient (Wildman–Crippen LogP) is 2.18. The first-order chi connectivity index (χ1) is 3.79. The third-order valence-corrected chi connectivity index (χ3v) is 9.05. The van der Waals surface area contributed by atoms with Crippen molar-refractivity contribution in [3.05, 3.63) is 0 Å². The summed E-state index contributed by atoms with van der Waals surface area (Å²) in [5.74, 6) is 0. The van der Waals surface area contributed by atoms with Crippen molar-refractivity contribution in [2.75, 3.05) is 0 Å². The summed E-state index contributed by atoms with van der Waals surface area (Å²) in [6.45, 7) is 5.00. The quantitative estimate of drug-likeness (QED) is 0.455. The lowest BCUT2D eigenvalue weighted by molar-refractivity contribution is 1.01. The summed E-state index contributed by atoms with van der Waals surface area (Å²) >= 11 is 0. The summed E-state index contributed by atoms with van der Waals surface area (Å²) in [4.78, 5) is 0. The minimum Gasteiger partial charge on any atom is -0.0713 e. The van der Waals surface area contributed by atoms with Gasteiger partial charge in [-0.05, 0) is 0 Å². The molecule has 1 rings (SSSR count). The largest absolute Gasteiger partial charge is 0.0713 e. The second-order valence-corrected chi connectivity index (χ2v) is 9.19. The van der Waals surface area contributed by atoms with Crippen LogP contribution in [0.15, 0.2) is 0 Å². The highest BCUT2D eigenvalue weighted by Crippen LogP contribution is 2.18. The molecule has 0 bridgehead atoms. The molecule has 1 aliphatic heterocycles. The van der Waals surface area contributed by atoms with E-state index in [9.17, 15) is 0 Å². The van der Waals surface area contributed by atoms with E-state index < -0.39 is 0 Å². The molecule has 0 aliphatic carbocycles. The molecule has 0 aromatic rings. The van der Waals surface area contributed by atoms with Crippen molar-refractivity contribution < 1.29 is 0 Å². The number of rotatable bonds is 0. The fourth-order valence-electron chi connectivity index (χ4n) is 1.38. The SMILES string of the molecule is C[Si]1CCC[Si](C)C1. The Morgan fingerprint density at radius 3 is 1.75 bits per heavy atom. The lowest BCUT2D eigenvalue weighted by Crippen LogP contribution is -2.23. The normalized spacial score (nSPS) is 26.2. The van der Waals surface area contributed by atoms with Crippen LogP contribution < -0.4 is 0 Å². The Balaban J connectivity index is 2.23. The van der Waals surface area contributed by atoms with E-state index in [4.69, 9.17) is 0 Å². The molecule has 0 unspecified atom stereocenters. The lowest BCUT2D eigenvalue weighted by Gasteiger charge is -2.20. The van der Waals surface area contributed by atoms with Gasteiger partial charge in [0, 0.05) is 17.6 Å². The molecule has 0 nitrogen and oxygen atoms in total. The van der Waals surface area contributed by atoms with Gasteiger partial charge in [0.2, 0.25) is 0 Å². The minimum atomic E-state index is 0.204. The summed E-state index contributed by atoms with van der Waals surface area (Å²) < 4.78 is 0. The maximum absolute atomic E-state index is 2.50. The van der Waals surface area contributed by atoms with Crippen LogP contribution in [-0.4, -0.2) is 17.6 Å². The highest BCUT2D eigenvalue weighted by atomic mass is 28.3. The summed E-state index contributed by atoms with van der Waals surface area (Å²) in [6.07, 6.45) is 1.57. The summed E-state index contributed by atoms with van der Waals surface area (Å²) in [5, 5.41) is 0. The zero-order chi connectivity index (χ0) is 5.98. The number of hydrogen-bond donors (Lipinski definition) is 0. The van der Waals surface area contributed by atoms with Crippen LogP contribution in [0, 0.1) is 0 Å². The molecule has 2 radical (unpaired) electrons. The van der Waals surface area contributed by atoms with Crippen LogP contribution in [0.3, 0.4) is 0 Å². The molecule has 0 aromatic heterocycles. The van der Waals surface area contributed by atoms with Crippen LogP contribution in [0.25, 0.3) is 0 Å². The molecule has 0 aromatic carbocycles. The molecule has 46 valence electrons. The Morgan fingerprint density at radius 2 is 1.50 bits per heavy atom. The van der Waals surface area contributed by atoms with Crippen LogP contribution in [0.1, 0.15) is 6.42 Å². The van der Waals surface area contributed by atoms with Gasteiger partial charge in [0.1, 0.15) is 0 Å². The van der Waals surface area contributed by atoms with Gasteiger partial charge in [-0.2, -0.15) is 0 Å². The molecule has 1 saturated heterocycles. The van der Waals surface area contributed by atoms with Gasteiger partial charge < -0.3 is 0 Å². The van der Waals surface area contributed by atoms with Crippen molar-refractivity contribution >= 4 is 17.6 Å². The summed E-state index contributed by atoms with van der Waals surface area (Å²) in [6, 6.07) is 3.21. The van der Waals surface area contributed by atoms with Gasteiger partial charge in [0.15, 0.2) is 0 Å². The molecule has 1 heterocycles. The van der Waals surface area contributed by atoms with Crippen molar-refractivity contribution in [3.8, 4) is 0 Å². The van der Waals surface area contributed by atoms with E-state index in [0.717, 1.165) is 0 Å². The van der Waals surface area contributed by atoms with E-state index in [1.54, 1.807) is 24.2 Å². The van der Waals surface area contributed by atoms with E-state index in [1.807, 2.05) is 0 Å². The first-order valence-corrected chi connectivity index (χ1v) is 8.24. The van der Waals surface area contributed by atoms with Gasteiger partial charge in [-0.3, -0.25) is 0 Å². The highest BCUT2D eigenvalue weighted by Gasteiger charge is 2.16. The van der Waals surface area contributed by atoms with E-state index >= 15 is 0 Å². The first kappa shape index (κ1) is 6.55. The maximum Gasteiger partial charge on any atom is 0.0415 e. The van der Waals surface area contributed by atoms with Gasteiger partial charge in [-0.1, -0.05) is 37.3 Å². The smallest absolute Gasteiger partial charge is 0.0415 e. The van der Waals surface area contributed by atoms with Crippen LogP contribution >= 0.6 is 0 Å². The van der Waals surface area contributed by atoms with Crippen LogP contribution in [0.2, 0.25) is 30.8 Å². The highest BCUT2D eigenvalue weighted by molar-refractivity contribution is 6.77. The van der Waals surface area contributed by atoms with E-state index in [-0.39, 0.29) is 17.6 Å². The average molecular weight is 142 g/mol. The fraction of sp³-hybridized carbons (Fsp3) is 1.00. The molecule has 1 fully saturated rings. The molecular weight excluding hydrogens is 128 g/mol. The second kappa shape index (κ2) is 2.83. The number of hydrogen-bond acceptors (Lipinski definition) is 0. The Hall–Kier alpha value is 0.434. The predicted molar refractivity (Wildman–Crippen MR) is 42.3 cm³/mol. The van der Waals surface area contributed by atoms with Crippen molar-refractivity contribution in [2.45, 2.75) is 37.3 Å². The van der Waals surface area contributed by atoms with Crippen molar-refractivity contribution in [1.29, 1.82) is 0 Å². The third kappa shape index (κ3) is 1.74. The van der Waals surface area contributed by atoms with Crippen LogP contribution in [0.5, 0.6) is 0 Å². The maximum atomic E-state index is 2.50. The topological polar surface area (TPSA) is 0 Å². The Bertz CT molecular complexity index is 64.9. The zero-order valence-electron chi connectivity index (χ0n) is 5.83. The molecular formula is C6H14Si2.